The summed E-state index contributed by atoms with van der Waals surface area (Å²) in [4.78, 5) is 18.8. The van der Waals surface area contributed by atoms with E-state index >= 15 is 0 Å². The van der Waals surface area contributed by atoms with Gasteiger partial charge in [-0.1, -0.05) is 76.8 Å². The van der Waals surface area contributed by atoms with E-state index in [9.17, 15) is 30.3 Å². The minimum atomic E-state index is -1.02. The minimum Gasteiger partial charge on any atom is -0.508 e. The Morgan fingerprint density at radius 2 is 1.65 bits per heavy atom. The quantitative estimate of drug-likeness (QED) is 0.0509. The SMILES string of the molecule is CCCCCCCC(O)CCCCCCC(C(=O)O)C(O)CCC1(O)CC(Cc2cc[nH]c2)CC1Cc1ccc(-c2cccc(O)c2)[nH]1. The van der Waals surface area contributed by atoms with Crippen LogP contribution in [0.15, 0.2) is 54.9 Å². The highest BCUT2D eigenvalue weighted by molar-refractivity contribution is 5.70. The Morgan fingerprint density at radius 1 is 0.917 bits per heavy atom. The van der Waals surface area contributed by atoms with Crippen LogP contribution in [-0.4, -0.2) is 59.3 Å². The molecule has 2 heterocycles. The van der Waals surface area contributed by atoms with Crippen LogP contribution in [0.2, 0.25) is 0 Å². The smallest absolute Gasteiger partial charge is 0.309 e. The van der Waals surface area contributed by atoms with Gasteiger partial charge in [0.2, 0.25) is 0 Å². The molecule has 0 amide bonds. The zero-order valence-corrected chi connectivity index (χ0v) is 29.0. The Bertz CT molecular complexity index is 1340. The van der Waals surface area contributed by atoms with Crippen LogP contribution >= 0.6 is 0 Å². The van der Waals surface area contributed by atoms with Crippen molar-refractivity contribution in [3.8, 4) is 17.0 Å². The lowest BCUT2D eigenvalue weighted by Gasteiger charge is -2.32. The molecule has 266 valence electrons. The van der Waals surface area contributed by atoms with Gasteiger partial charge >= 0.3 is 5.97 Å². The van der Waals surface area contributed by atoms with Crippen molar-refractivity contribution in [1.29, 1.82) is 0 Å². The number of carbonyl (C=O) groups is 1. The lowest BCUT2D eigenvalue weighted by atomic mass is 9.81. The van der Waals surface area contributed by atoms with Gasteiger partial charge in [-0.15, -0.1) is 0 Å². The van der Waals surface area contributed by atoms with E-state index in [1.165, 1.54) is 31.2 Å². The lowest BCUT2D eigenvalue weighted by Crippen LogP contribution is -2.37. The summed E-state index contributed by atoms with van der Waals surface area (Å²) in [6, 6.07) is 13.2. The normalized spacial score (nSPS) is 21.3. The number of rotatable bonds is 23. The van der Waals surface area contributed by atoms with Gasteiger partial charge in [0.05, 0.1) is 23.7 Å². The number of nitrogens with one attached hydrogen (secondary N) is 2. The molecule has 1 fully saturated rings. The average Bonchev–Trinajstić information content (AvgIpc) is 3.81. The maximum atomic E-state index is 12.2. The maximum absolute atomic E-state index is 12.2. The van der Waals surface area contributed by atoms with Crippen molar-refractivity contribution in [3.63, 3.8) is 0 Å². The van der Waals surface area contributed by atoms with Crippen molar-refractivity contribution in [2.24, 2.45) is 17.8 Å². The van der Waals surface area contributed by atoms with Crippen LogP contribution in [0.5, 0.6) is 5.75 Å². The van der Waals surface area contributed by atoms with Crippen LogP contribution in [0.3, 0.4) is 0 Å². The van der Waals surface area contributed by atoms with Gasteiger partial charge in [0.25, 0.3) is 0 Å². The van der Waals surface area contributed by atoms with Crippen LogP contribution in [0.1, 0.15) is 121 Å². The fourth-order valence-corrected chi connectivity index (χ4v) is 7.90. The lowest BCUT2D eigenvalue weighted by molar-refractivity contribution is -0.146. The van der Waals surface area contributed by atoms with Crippen LogP contribution < -0.4 is 0 Å². The number of H-pyrrole nitrogens is 2. The molecule has 7 N–H and O–H groups in total. The molecule has 1 saturated carbocycles. The van der Waals surface area contributed by atoms with E-state index in [2.05, 4.69) is 23.0 Å². The molecule has 4 rings (SSSR count). The molecule has 2 aromatic heterocycles. The second kappa shape index (κ2) is 19.2. The molecule has 1 aliphatic rings. The third kappa shape index (κ3) is 11.8. The first-order valence-corrected chi connectivity index (χ1v) is 18.6. The number of hydrogen-bond donors (Lipinski definition) is 7. The van der Waals surface area contributed by atoms with Crippen LogP contribution in [0.25, 0.3) is 11.3 Å². The number of aliphatic hydroxyl groups is 3. The van der Waals surface area contributed by atoms with E-state index in [1.54, 1.807) is 12.1 Å². The number of carboxylic acid groups (broad SMARTS) is 1. The summed E-state index contributed by atoms with van der Waals surface area (Å²) in [6.07, 6.45) is 17.7. The standard InChI is InChI=1S/C40H60N2O6/c1-2-3-4-5-8-13-34(43)14-9-6-7-10-16-36(39(46)47)38(45)19-21-40(48)27-30(23-29-20-22-41-28-29)24-32(40)26-33-17-18-37(42-33)31-12-11-15-35(44)25-31/h11-12,15,17-18,20,22,25,28,30,32,34,36,38,41-45,48H,2-10,13-14,16,19,21,23-24,26-27H2,1H3,(H,46,47). The van der Waals surface area contributed by atoms with Crippen molar-refractivity contribution < 1.29 is 30.3 Å². The Labute approximate surface area is 287 Å². The van der Waals surface area contributed by atoms with E-state index in [-0.39, 0.29) is 30.1 Å². The highest BCUT2D eigenvalue weighted by Gasteiger charge is 2.46. The summed E-state index contributed by atoms with van der Waals surface area (Å²) in [6.45, 7) is 2.20. The number of benzene rings is 1. The van der Waals surface area contributed by atoms with Crippen molar-refractivity contribution in [2.75, 3.05) is 0 Å². The first kappa shape index (κ1) is 37.7. The van der Waals surface area contributed by atoms with Gasteiger partial charge in [0.1, 0.15) is 5.75 Å². The maximum Gasteiger partial charge on any atom is 0.309 e. The van der Waals surface area contributed by atoms with E-state index < -0.39 is 23.6 Å². The van der Waals surface area contributed by atoms with Crippen molar-refractivity contribution in [1.82, 2.24) is 9.97 Å². The van der Waals surface area contributed by atoms with E-state index in [4.69, 9.17) is 0 Å². The highest BCUT2D eigenvalue weighted by Crippen LogP contribution is 2.46. The molecule has 48 heavy (non-hydrogen) atoms. The van der Waals surface area contributed by atoms with Gasteiger partial charge in [-0.05, 0) is 106 Å². The van der Waals surface area contributed by atoms with Gasteiger partial charge in [0, 0.05) is 29.3 Å². The number of unbranched alkanes of at least 4 members (excludes halogenated alkanes) is 7. The molecular formula is C40H60N2O6. The van der Waals surface area contributed by atoms with Crippen LogP contribution in [-0.2, 0) is 17.6 Å². The first-order chi connectivity index (χ1) is 23.2. The van der Waals surface area contributed by atoms with Crippen molar-refractivity contribution in [3.05, 3.63) is 66.1 Å². The van der Waals surface area contributed by atoms with Crippen molar-refractivity contribution >= 4 is 5.97 Å². The fraction of sp³-hybridized carbons (Fsp3) is 0.625. The minimum absolute atomic E-state index is 0.0423. The largest absolute Gasteiger partial charge is 0.508 e. The number of phenols is 1. The summed E-state index contributed by atoms with van der Waals surface area (Å²) in [5, 5.41) is 53.4. The number of aliphatic hydroxyl groups excluding tert-OH is 2. The number of aliphatic carboxylic acids is 1. The molecule has 0 spiro atoms. The molecule has 0 bridgehead atoms. The molecule has 0 saturated heterocycles. The zero-order valence-electron chi connectivity index (χ0n) is 29.0. The zero-order chi connectivity index (χ0) is 34.4. The molecule has 1 aromatic carbocycles. The predicted molar refractivity (Wildman–Crippen MR) is 191 cm³/mol. The van der Waals surface area contributed by atoms with Gasteiger partial charge in [0.15, 0.2) is 0 Å². The number of aromatic nitrogens is 2. The molecule has 8 nitrogen and oxygen atoms in total. The van der Waals surface area contributed by atoms with E-state index in [0.717, 1.165) is 74.7 Å². The average molecular weight is 665 g/mol. The monoisotopic (exact) mass is 664 g/mol. The van der Waals surface area contributed by atoms with E-state index in [0.29, 0.717) is 25.7 Å². The topological polar surface area (TPSA) is 150 Å². The third-order valence-corrected chi connectivity index (χ3v) is 10.7. The Balaban J connectivity index is 1.27. The van der Waals surface area contributed by atoms with Crippen LogP contribution in [0.4, 0.5) is 0 Å². The van der Waals surface area contributed by atoms with Crippen LogP contribution in [0, 0.1) is 17.8 Å². The molecular weight excluding hydrogens is 604 g/mol. The number of phenolic OH excluding ortho intramolecular Hbond substituents is 1. The molecule has 1 aliphatic carbocycles. The first-order valence-electron chi connectivity index (χ1n) is 18.6. The number of carboxylic acids is 1. The Morgan fingerprint density at radius 3 is 2.31 bits per heavy atom. The molecule has 0 aliphatic heterocycles. The fourth-order valence-electron chi connectivity index (χ4n) is 7.90. The molecule has 8 heteroatoms. The van der Waals surface area contributed by atoms with Crippen molar-refractivity contribution in [2.45, 2.75) is 140 Å². The summed E-state index contributed by atoms with van der Waals surface area (Å²) >= 11 is 0. The number of aromatic hydroxyl groups is 1. The number of hydrogen-bond acceptors (Lipinski definition) is 5. The summed E-state index contributed by atoms with van der Waals surface area (Å²) in [7, 11) is 0. The third-order valence-electron chi connectivity index (χ3n) is 10.7. The number of aromatic amines is 2. The summed E-state index contributed by atoms with van der Waals surface area (Å²) in [5.41, 5.74) is 2.99. The second-order valence-electron chi connectivity index (χ2n) is 14.6. The molecule has 6 unspecified atom stereocenters. The summed E-state index contributed by atoms with van der Waals surface area (Å²) < 4.78 is 0. The van der Waals surface area contributed by atoms with Gasteiger partial charge in [-0.3, -0.25) is 4.79 Å². The summed E-state index contributed by atoms with van der Waals surface area (Å²) in [5.74, 6) is -1.39. The predicted octanol–water partition coefficient (Wildman–Crippen LogP) is 8.16. The molecule has 6 atom stereocenters. The molecule has 0 radical (unpaired) electrons. The Hall–Kier alpha value is -3.07. The van der Waals surface area contributed by atoms with Gasteiger partial charge in [-0.25, -0.2) is 0 Å². The second-order valence-corrected chi connectivity index (χ2v) is 14.6. The highest BCUT2D eigenvalue weighted by atomic mass is 16.4. The van der Waals surface area contributed by atoms with Gasteiger partial charge < -0.3 is 35.5 Å². The Kier molecular flexibility index (Phi) is 15.1. The molecule has 3 aromatic rings. The van der Waals surface area contributed by atoms with E-state index in [1.807, 2.05) is 36.7 Å². The van der Waals surface area contributed by atoms with Gasteiger partial charge in [-0.2, -0.15) is 0 Å².